The van der Waals surface area contributed by atoms with E-state index in [0.29, 0.717) is 5.82 Å². The minimum absolute atomic E-state index is 0.301. The minimum atomic E-state index is -0.346. The predicted molar refractivity (Wildman–Crippen MR) is 106 cm³/mol. The van der Waals surface area contributed by atoms with E-state index in [-0.39, 0.29) is 12.1 Å². The fraction of sp³-hybridized carbons (Fsp3) is 0.238. The molecule has 0 saturated carbocycles. The number of esters is 1. The number of aryl methyl sites for hydroxylation is 1. The molecule has 0 spiro atoms. The summed E-state index contributed by atoms with van der Waals surface area (Å²) in [6.07, 6.45) is 4.62. The Morgan fingerprint density at radius 2 is 2.11 bits per heavy atom. The van der Waals surface area contributed by atoms with E-state index < -0.39 is 0 Å². The van der Waals surface area contributed by atoms with Crippen molar-refractivity contribution in [2.45, 2.75) is 32.4 Å². The summed E-state index contributed by atoms with van der Waals surface area (Å²) < 4.78 is 7.77. The fourth-order valence-corrected chi connectivity index (χ4v) is 4.16. The molecule has 1 unspecified atom stereocenters. The van der Waals surface area contributed by atoms with Crippen molar-refractivity contribution in [2.75, 3.05) is 5.73 Å². The van der Waals surface area contributed by atoms with Crippen molar-refractivity contribution in [1.29, 1.82) is 0 Å². The Balaban J connectivity index is 1.85. The van der Waals surface area contributed by atoms with Crippen LogP contribution in [0.5, 0.6) is 0 Å². The third kappa shape index (κ3) is 2.51. The second kappa shape index (κ2) is 6.30. The van der Waals surface area contributed by atoms with Crippen molar-refractivity contribution in [3.63, 3.8) is 0 Å². The van der Waals surface area contributed by atoms with Gasteiger partial charge in [-0.1, -0.05) is 18.2 Å². The van der Waals surface area contributed by atoms with Crippen LogP contribution in [0.3, 0.4) is 0 Å². The van der Waals surface area contributed by atoms with Gasteiger partial charge in [-0.3, -0.25) is 9.78 Å². The highest BCUT2D eigenvalue weighted by molar-refractivity contribution is 6.03. The number of anilines is 1. The molecule has 28 heavy (non-hydrogen) atoms. The number of hydrogen-bond donors (Lipinski definition) is 1. The first-order valence-electron chi connectivity index (χ1n) is 9.28. The lowest BCUT2D eigenvalue weighted by molar-refractivity contribution is -0.147. The number of carbonyl (C=O) groups excluding carboxylic acids is 1. The van der Waals surface area contributed by atoms with Crippen LogP contribution in [0.4, 0.5) is 5.82 Å². The summed E-state index contributed by atoms with van der Waals surface area (Å²) in [4.78, 5) is 25.0. The van der Waals surface area contributed by atoms with Crippen LogP contribution in [-0.2, 0) is 16.1 Å². The largest absolute Gasteiger partial charge is 0.456 e. The zero-order valence-corrected chi connectivity index (χ0v) is 15.4. The number of benzene rings is 1. The minimum Gasteiger partial charge on any atom is -0.456 e. The normalized spacial score (nSPS) is 16.2. The van der Waals surface area contributed by atoms with E-state index in [1.807, 2.05) is 30.5 Å². The van der Waals surface area contributed by atoms with Crippen LogP contribution in [0.1, 0.15) is 31.6 Å². The number of nitrogens with zero attached hydrogens (tertiary/aromatic N) is 4. The Hall–Kier alpha value is -3.48. The van der Waals surface area contributed by atoms with E-state index in [4.69, 9.17) is 10.5 Å². The van der Waals surface area contributed by atoms with Crippen LogP contribution >= 0.6 is 0 Å². The second-order valence-corrected chi connectivity index (χ2v) is 7.03. The van der Waals surface area contributed by atoms with Gasteiger partial charge in [-0.15, -0.1) is 0 Å². The van der Waals surface area contributed by atoms with Crippen LogP contribution in [-0.4, -0.2) is 25.5 Å². The highest BCUT2D eigenvalue weighted by Gasteiger charge is 2.32. The summed E-state index contributed by atoms with van der Waals surface area (Å²) in [5.41, 5.74) is 10.7. The quantitative estimate of drug-likeness (QED) is 0.539. The molecular weight excluding hydrogens is 354 g/mol. The molecule has 140 valence electrons. The summed E-state index contributed by atoms with van der Waals surface area (Å²) in [5, 5.41) is 1.82. The first-order chi connectivity index (χ1) is 13.6. The second-order valence-electron chi connectivity index (χ2n) is 7.03. The van der Waals surface area contributed by atoms with Gasteiger partial charge in [-0.2, -0.15) is 0 Å². The summed E-state index contributed by atoms with van der Waals surface area (Å²) in [5.74, 6) is 0.113. The lowest BCUT2D eigenvalue weighted by Gasteiger charge is -2.26. The fourth-order valence-electron chi connectivity index (χ4n) is 4.16. The van der Waals surface area contributed by atoms with Gasteiger partial charge in [0.15, 0.2) is 0 Å². The first kappa shape index (κ1) is 16.7. The molecule has 4 heterocycles. The number of para-hydroxylation sites is 1. The molecule has 0 bridgehead atoms. The van der Waals surface area contributed by atoms with Gasteiger partial charge < -0.3 is 15.0 Å². The van der Waals surface area contributed by atoms with Gasteiger partial charge in [0.25, 0.3) is 0 Å². The summed E-state index contributed by atoms with van der Waals surface area (Å²) in [6.45, 7) is 2.23. The smallest absolute Gasteiger partial charge is 0.303 e. The number of fused-ring (bicyclic) bond motifs is 4. The lowest BCUT2D eigenvalue weighted by atomic mass is 9.97. The van der Waals surface area contributed by atoms with Crippen LogP contribution in [0.2, 0.25) is 0 Å². The Morgan fingerprint density at radius 1 is 1.25 bits per heavy atom. The maximum atomic E-state index is 11.7. The molecule has 3 aromatic heterocycles. The van der Waals surface area contributed by atoms with Crippen LogP contribution in [0, 0.1) is 0 Å². The third-order valence-electron chi connectivity index (χ3n) is 5.25. The summed E-state index contributed by atoms with van der Waals surface area (Å²) >= 11 is 0. The molecule has 7 heteroatoms. The summed E-state index contributed by atoms with van der Waals surface area (Å²) in [7, 11) is 0. The maximum Gasteiger partial charge on any atom is 0.303 e. The topological polar surface area (TPSA) is 95.9 Å². The number of nitrogens with two attached hydrogens (primary N) is 1. The molecule has 4 aromatic rings. The van der Waals surface area contributed by atoms with E-state index in [1.54, 1.807) is 0 Å². The molecule has 5 rings (SSSR count). The molecule has 1 aromatic carbocycles. The average Bonchev–Trinajstić information content (AvgIpc) is 3.04. The number of rotatable bonds is 2. The number of aromatic nitrogens is 4. The zero-order valence-electron chi connectivity index (χ0n) is 15.4. The highest BCUT2D eigenvalue weighted by Crippen LogP contribution is 2.44. The molecule has 7 nitrogen and oxygen atoms in total. The van der Waals surface area contributed by atoms with Gasteiger partial charge in [-0.25, -0.2) is 9.97 Å². The van der Waals surface area contributed by atoms with Crippen molar-refractivity contribution in [1.82, 2.24) is 19.5 Å². The molecule has 2 N–H and O–H groups in total. The molecule has 0 saturated heterocycles. The first-order valence-corrected chi connectivity index (χ1v) is 9.28. The van der Waals surface area contributed by atoms with Crippen molar-refractivity contribution in [3.8, 4) is 11.1 Å². The van der Waals surface area contributed by atoms with Gasteiger partial charge in [0, 0.05) is 36.2 Å². The molecule has 1 aliphatic rings. The van der Waals surface area contributed by atoms with Gasteiger partial charge in [0.1, 0.15) is 23.9 Å². The highest BCUT2D eigenvalue weighted by atomic mass is 16.5. The van der Waals surface area contributed by atoms with Crippen molar-refractivity contribution >= 4 is 33.7 Å². The molecule has 0 amide bonds. The zero-order chi connectivity index (χ0) is 19.3. The number of carbonyl (C=O) groups is 1. The van der Waals surface area contributed by atoms with Gasteiger partial charge in [0.2, 0.25) is 0 Å². The van der Waals surface area contributed by atoms with Crippen LogP contribution in [0.25, 0.3) is 33.1 Å². The van der Waals surface area contributed by atoms with Gasteiger partial charge in [0.05, 0.1) is 16.6 Å². The van der Waals surface area contributed by atoms with Gasteiger partial charge >= 0.3 is 5.97 Å². The molecular formula is C21H19N5O2. The molecule has 0 fully saturated rings. The Kier molecular flexibility index (Phi) is 3.75. The Bertz CT molecular complexity index is 1230. The van der Waals surface area contributed by atoms with Gasteiger partial charge in [-0.05, 0) is 25.0 Å². The number of hydrogen-bond acceptors (Lipinski definition) is 6. The number of pyridine rings is 1. The Labute approximate surface area is 161 Å². The van der Waals surface area contributed by atoms with E-state index >= 15 is 0 Å². The van der Waals surface area contributed by atoms with Crippen molar-refractivity contribution in [3.05, 3.63) is 48.5 Å². The average molecular weight is 373 g/mol. The van der Waals surface area contributed by atoms with Crippen molar-refractivity contribution in [2.24, 2.45) is 0 Å². The summed E-state index contributed by atoms with van der Waals surface area (Å²) in [6, 6.07) is 10.0. The number of ether oxygens (including phenoxy) is 1. The molecule has 0 aliphatic carbocycles. The Morgan fingerprint density at radius 3 is 2.96 bits per heavy atom. The maximum absolute atomic E-state index is 11.7. The molecule has 1 atom stereocenters. The van der Waals surface area contributed by atoms with E-state index in [0.717, 1.165) is 58.1 Å². The van der Waals surface area contributed by atoms with Crippen LogP contribution < -0.4 is 5.73 Å². The standard InChI is InChI=1S/C21H19N5O2/c1-12(27)28-16-7-4-8-26-19(16)17(18-20(22)24-11-25-21(18)26)14-9-13-5-2-3-6-15(13)23-10-14/h2-3,5-6,9-11,16H,4,7-8H2,1H3,(H2,22,24,25). The van der Waals surface area contributed by atoms with Crippen LogP contribution in [0.15, 0.2) is 42.9 Å². The van der Waals surface area contributed by atoms with E-state index in [1.165, 1.54) is 13.3 Å². The van der Waals surface area contributed by atoms with Crippen molar-refractivity contribution < 1.29 is 9.53 Å². The number of nitrogen functional groups attached to an aromatic ring is 1. The third-order valence-corrected chi connectivity index (χ3v) is 5.25. The lowest BCUT2D eigenvalue weighted by Crippen LogP contribution is -2.20. The monoisotopic (exact) mass is 373 g/mol. The predicted octanol–water partition coefficient (Wildman–Crippen LogP) is 3.63. The molecule has 1 aliphatic heterocycles. The SMILES string of the molecule is CC(=O)OC1CCCn2c1c(-c1cnc3ccccc3c1)c1c(N)ncnc12. The van der Waals surface area contributed by atoms with E-state index in [9.17, 15) is 4.79 Å². The van der Waals surface area contributed by atoms with E-state index in [2.05, 4.69) is 25.6 Å². The molecule has 0 radical (unpaired) electrons.